The van der Waals surface area contributed by atoms with Gasteiger partial charge >= 0.3 is 0 Å². The lowest BCUT2D eigenvalue weighted by molar-refractivity contribution is -2.00. The lowest BCUT2D eigenvalue weighted by Gasteiger charge is -2.32. The van der Waals surface area contributed by atoms with E-state index in [2.05, 4.69) is 41.1 Å². The minimum absolute atomic E-state index is 0.613. The van der Waals surface area contributed by atoms with Crippen LogP contribution >= 0.6 is 11.3 Å². The molecule has 5 nitrogen and oxygen atoms in total. The number of nitrogens with zero attached hydrogens (tertiary/aromatic N) is 1. The fourth-order valence-corrected chi connectivity index (χ4v) is 4.57. The van der Waals surface area contributed by atoms with Crippen LogP contribution < -0.4 is 23.2 Å². The largest absolute Gasteiger partial charge is 0.245 e. The minimum atomic E-state index is -4.94. The molecule has 1 aliphatic carbocycles. The summed E-state index contributed by atoms with van der Waals surface area (Å²) in [5, 5.41) is 3.89. The number of thiazole rings is 1. The summed E-state index contributed by atoms with van der Waals surface area (Å²) in [6.45, 7) is 2.24. The second-order valence-electron chi connectivity index (χ2n) is 5.24. The first-order valence-corrected chi connectivity index (χ1v) is 8.68. The molecule has 0 spiro atoms. The predicted octanol–water partition coefficient (Wildman–Crippen LogP) is -1.58. The molecule has 0 fully saturated rings. The summed E-state index contributed by atoms with van der Waals surface area (Å²) in [6.07, 6.45) is 2.65. The second-order valence-corrected chi connectivity index (χ2v) is 6.88. The smallest absolute Gasteiger partial charge is 0.222 e. The standard InChI is InChI=1S/C14H14NS.ClHO4/c1-9-8-16-14-12-6-7-13(15(9)14)11-5-3-2-4-10(11)12;2-1(3,4)5/h2-5,8,12-13H,6-7H2,1H3;(H,2,3,4,5)/q+1;/p-1. The Kier molecular flexibility index (Phi) is 3.77. The SMILES string of the molecule is Cc1csc2[n+]1C1CCC2c2ccccc21.[O-][Cl+3]([O-])([O-])[O-]. The Balaban J connectivity index is 0.000000233. The van der Waals surface area contributed by atoms with Crippen LogP contribution in [0.25, 0.3) is 0 Å². The quantitative estimate of drug-likeness (QED) is 0.545. The molecule has 0 saturated carbocycles. The van der Waals surface area contributed by atoms with E-state index in [-0.39, 0.29) is 0 Å². The zero-order valence-electron chi connectivity index (χ0n) is 11.3. The van der Waals surface area contributed by atoms with E-state index in [1.807, 2.05) is 11.3 Å². The average Bonchev–Trinajstić information content (AvgIpc) is 2.82. The first kappa shape index (κ1) is 14.9. The van der Waals surface area contributed by atoms with Gasteiger partial charge in [0.15, 0.2) is 11.7 Å². The zero-order valence-corrected chi connectivity index (χ0v) is 12.9. The maximum atomic E-state index is 8.49. The zero-order chi connectivity index (χ0) is 15.2. The van der Waals surface area contributed by atoms with Gasteiger partial charge in [-0.1, -0.05) is 35.6 Å². The molecule has 5 rings (SSSR count). The van der Waals surface area contributed by atoms with Crippen molar-refractivity contribution in [2.24, 2.45) is 0 Å². The van der Waals surface area contributed by atoms with Gasteiger partial charge in [0.1, 0.15) is 0 Å². The molecule has 2 aromatic rings. The van der Waals surface area contributed by atoms with E-state index < -0.39 is 10.2 Å². The van der Waals surface area contributed by atoms with Gasteiger partial charge in [-0.3, -0.25) is 0 Å². The molecule has 112 valence electrons. The molecule has 2 aliphatic heterocycles. The van der Waals surface area contributed by atoms with Crippen molar-refractivity contribution in [2.75, 3.05) is 0 Å². The summed E-state index contributed by atoms with van der Waals surface area (Å²) < 4.78 is 36.5. The average molecular weight is 328 g/mol. The number of halogens is 1. The fraction of sp³-hybridized carbons (Fsp3) is 0.357. The Morgan fingerprint density at radius 2 is 1.71 bits per heavy atom. The molecule has 0 amide bonds. The Hall–Kier alpha value is -1.02. The Morgan fingerprint density at radius 1 is 1.10 bits per heavy atom. The highest BCUT2D eigenvalue weighted by Gasteiger charge is 2.45. The van der Waals surface area contributed by atoms with Crippen LogP contribution in [0, 0.1) is 17.2 Å². The van der Waals surface area contributed by atoms with E-state index in [0.29, 0.717) is 12.0 Å². The summed E-state index contributed by atoms with van der Waals surface area (Å²) in [4.78, 5) is 0. The summed E-state index contributed by atoms with van der Waals surface area (Å²) in [5.41, 5.74) is 4.59. The molecule has 0 N–H and O–H groups in total. The molecule has 1 aromatic heterocycles. The van der Waals surface area contributed by atoms with Crippen molar-refractivity contribution in [3.05, 3.63) is 51.5 Å². The summed E-state index contributed by atoms with van der Waals surface area (Å²) in [7, 11) is -4.94. The van der Waals surface area contributed by atoms with Crippen LogP contribution in [-0.4, -0.2) is 0 Å². The molecule has 2 bridgehead atoms. The number of hydrogen-bond donors (Lipinski definition) is 0. The van der Waals surface area contributed by atoms with Gasteiger partial charge in [0.05, 0.1) is 11.3 Å². The van der Waals surface area contributed by atoms with Crippen molar-refractivity contribution in [3.63, 3.8) is 0 Å². The number of fused-ring (bicyclic) bond motifs is 1. The highest BCUT2D eigenvalue weighted by atomic mass is 35.7. The van der Waals surface area contributed by atoms with Gasteiger partial charge in [0.25, 0.3) is 0 Å². The first-order valence-electron chi connectivity index (χ1n) is 6.56. The van der Waals surface area contributed by atoms with Gasteiger partial charge < -0.3 is 0 Å². The lowest BCUT2D eigenvalue weighted by Crippen LogP contribution is -2.68. The third-order valence-electron chi connectivity index (χ3n) is 4.04. The molecule has 0 saturated heterocycles. The molecular formula is C14H14ClNO4S. The molecule has 2 atom stereocenters. The normalized spacial score (nSPS) is 22.1. The lowest BCUT2D eigenvalue weighted by atomic mass is 9.76. The van der Waals surface area contributed by atoms with E-state index in [1.54, 1.807) is 16.1 Å². The van der Waals surface area contributed by atoms with Crippen molar-refractivity contribution in [1.29, 1.82) is 0 Å². The third-order valence-corrected chi connectivity index (χ3v) is 5.22. The van der Waals surface area contributed by atoms with Crippen LogP contribution in [-0.2, 0) is 0 Å². The Labute approximate surface area is 128 Å². The van der Waals surface area contributed by atoms with Gasteiger partial charge in [-0.25, -0.2) is 18.6 Å². The van der Waals surface area contributed by atoms with Crippen molar-refractivity contribution in [1.82, 2.24) is 0 Å². The molecule has 0 radical (unpaired) electrons. The second kappa shape index (κ2) is 5.31. The number of aromatic nitrogens is 1. The van der Waals surface area contributed by atoms with E-state index in [4.69, 9.17) is 18.6 Å². The Morgan fingerprint density at radius 3 is 2.38 bits per heavy atom. The minimum Gasteiger partial charge on any atom is -0.222 e. The van der Waals surface area contributed by atoms with Crippen molar-refractivity contribution >= 4 is 11.3 Å². The highest BCUT2D eigenvalue weighted by molar-refractivity contribution is 7.09. The van der Waals surface area contributed by atoms with E-state index in [9.17, 15) is 0 Å². The summed E-state index contributed by atoms with van der Waals surface area (Å²) in [6, 6.07) is 9.62. The van der Waals surface area contributed by atoms with E-state index in [1.165, 1.54) is 18.5 Å². The van der Waals surface area contributed by atoms with Gasteiger partial charge in [-0.2, -0.15) is 4.57 Å². The van der Waals surface area contributed by atoms with Crippen molar-refractivity contribution < 1.29 is 33.4 Å². The third kappa shape index (κ3) is 2.83. The molecule has 21 heavy (non-hydrogen) atoms. The topological polar surface area (TPSA) is 96.1 Å². The predicted molar refractivity (Wildman–Crippen MR) is 64.9 cm³/mol. The van der Waals surface area contributed by atoms with E-state index >= 15 is 0 Å². The monoisotopic (exact) mass is 327 g/mol. The first-order chi connectivity index (χ1) is 9.86. The molecule has 3 aliphatic rings. The van der Waals surface area contributed by atoms with Gasteiger partial charge in [-0.05, 0) is 12.0 Å². The van der Waals surface area contributed by atoms with Crippen LogP contribution in [0.1, 0.15) is 46.6 Å². The Bertz CT molecular complexity index is 661. The summed E-state index contributed by atoms with van der Waals surface area (Å²) in [5.74, 6) is 0.667. The van der Waals surface area contributed by atoms with Crippen LogP contribution in [0.5, 0.6) is 0 Å². The van der Waals surface area contributed by atoms with Gasteiger partial charge in [-0.15, -0.1) is 10.2 Å². The molecule has 7 heteroatoms. The maximum absolute atomic E-state index is 8.49. The van der Waals surface area contributed by atoms with Crippen molar-refractivity contribution in [2.45, 2.75) is 31.7 Å². The molecular weight excluding hydrogens is 314 g/mol. The van der Waals surface area contributed by atoms with Crippen LogP contribution in [0.15, 0.2) is 29.6 Å². The molecule has 3 heterocycles. The van der Waals surface area contributed by atoms with Crippen LogP contribution in [0.2, 0.25) is 0 Å². The van der Waals surface area contributed by atoms with Crippen LogP contribution in [0.4, 0.5) is 0 Å². The fourth-order valence-electron chi connectivity index (χ4n) is 3.37. The number of aryl methyl sites for hydroxylation is 1. The maximum Gasteiger partial charge on any atom is 0.245 e. The van der Waals surface area contributed by atoms with Crippen molar-refractivity contribution in [3.8, 4) is 0 Å². The number of hydrogen-bond acceptors (Lipinski definition) is 5. The van der Waals surface area contributed by atoms with E-state index in [0.717, 1.165) is 0 Å². The van der Waals surface area contributed by atoms with Crippen LogP contribution in [0.3, 0.4) is 0 Å². The summed E-state index contributed by atoms with van der Waals surface area (Å²) >= 11 is 1.94. The van der Waals surface area contributed by atoms with Gasteiger partial charge in [0, 0.05) is 18.9 Å². The highest BCUT2D eigenvalue weighted by Crippen LogP contribution is 2.46. The number of benzene rings is 1. The molecule has 1 aromatic carbocycles. The van der Waals surface area contributed by atoms with Gasteiger partial charge in [0.2, 0.25) is 5.01 Å². The number of rotatable bonds is 0. The molecule has 2 unspecified atom stereocenters.